The topological polar surface area (TPSA) is 63.4 Å². The first kappa shape index (κ1) is 15.1. The minimum absolute atomic E-state index is 0.111. The molecule has 0 saturated carbocycles. The van der Waals surface area contributed by atoms with E-state index in [-0.39, 0.29) is 10.9 Å². The van der Waals surface area contributed by atoms with E-state index in [0.717, 1.165) is 12.8 Å². The number of nitrogens with two attached hydrogens (primary N) is 1. The molecule has 0 amide bonds. The zero-order valence-corrected chi connectivity index (χ0v) is 12.9. The van der Waals surface area contributed by atoms with E-state index in [9.17, 15) is 8.42 Å². The standard InChI is InChI=1S/C12H16Cl2N2O2S/c1-8-11(13)5-10(6-12(8)14)19(17,18)16-4-2-3-9(15)7-16/h5-6,9H,2-4,7,15H2,1H3. The quantitative estimate of drug-likeness (QED) is 0.909. The van der Waals surface area contributed by atoms with Gasteiger partial charge in [0.15, 0.2) is 0 Å². The lowest BCUT2D eigenvalue weighted by Gasteiger charge is -2.30. The summed E-state index contributed by atoms with van der Waals surface area (Å²) in [7, 11) is -3.57. The highest BCUT2D eigenvalue weighted by molar-refractivity contribution is 7.89. The summed E-state index contributed by atoms with van der Waals surface area (Å²) in [5.41, 5.74) is 6.50. The Morgan fingerprint density at radius 1 is 1.32 bits per heavy atom. The Kier molecular flexibility index (Phi) is 4.42. The van der Waals surface area contributed by atoms with Crippen LogP contribution in [0.5, 0.6) is 0 Å². The number of hydrogen-bond donors (Lipinski definition) is 1. The van der Waals surface area contributed by atoms with Gasteiger partial charge in [0.2, 0.25) is 10.0 Å². The number of halogens is 2. The fourth-order valence-electron chi connectivity index (χ4n) is 2.11. The Morgan fingerprint density at radius 2 is 1.89 bits per heavy atom. The molecule has 0 aromatic heterocycles. The average Bonchev–Trinajstić information content (AvgIpc) is 2.35. The molecule has 7 heteroatoms. The molecule has 1 heterocycles. The van der Waals surface area contributed by atoms with Crippen molar-refractivity contribution in [2.75, 3.05) is 13.1 Å². The van der Waals surface area contributed by atoms with Gasteiger partial charge in [-0.2, -0.15) is 4.31 Å². The third-order valence-electron chi connectivity index (χ3n) is 3.31. The van der Waals surface area contributed by atoms with Crippen LogP contribution in [0.25, 0.3) is 0 Å². The average molecular weight is 323 g/mol. The van der Waals surface area contributed by atoms with Crippen LogP contribution in [0.15, 0.2) is 17.0 Å². The van der Waals surface area contributed by atoms with E-state index >= 15 is 0 Å². The Balaban J connectivity index is 2.39. The Morgan fingerprint density at radius 3 is 2.42 bits per heavy atom. The number of nitrogens with zero attached hydrogens (tertiary/aromatic N) is 1. The molecule has 4 nitrogen and oxygen atoms in total. The Labute approximate surface area is 123 Å². The number of benzene rings is 1. The van der Waals surface area contributed by atoms with Crippen LogP contribution in [0.3, 0.4) is 0 Å². The lowest BCUT2D eigenvalue weighted by atomic mass is 10.1. The van der Waals surface area contributed by atoms with Gasteiger partial charge in [0, 0.05) is 29.2 Å². The largest absolute Gasteiger partial charge is 0.327 e. The van der Waals surface area contributed by atoms with Gasteiger partial charge in [0.25, 0.3) is 0 Å². The molecule has 1 aliphatic heterocycles. The van der Waals surface area contributed by atoms with Gasteiger partial charge in [-0.25, -0.2) is 8.42 Å². The highest BCUT2D eigenvalue weighted by Crippen LogP contribution is 2.30. The molecule has 106 valence electrons. The lowest BCUT2D eigenvalue weighted by Crippen LogP contribution is -2.45. The molecule has 1 aromatic carbocycles. The normalized spacial score (nSPS) is 21.6. The third kappa shape index (κ3) is 3.06. The first-order chi connectivity index (χ1) is 8.82. The van der Waals surface area contributed by atoms with E-state index in [1.54, 1.807) is 6.92 Å². The molecular weight excluding hydrogens is 307 g/mol. The van der Waals surface area contributed by atoms with Gasteiger partial charge in [-0.1, -0.05) is 23.2 Å². The van der Waals surface area contributed by atoms with E-state index in [0.29, 0.717) is 28.7 Å². The number of piperidine rings is 1. The van der Waals surface area contributed by atoms with Gasteiger partial charge in [-0.3, -0.25) is 0 Å². The summed E-state index contributed by atoms with van der Waals surface area (Å²) >= 11 is 12.0. The second kappa shape index (κ2) is 5.58. The summed E-state index contributed by atoms with van der Waals surface area (Å²) in [5.74, 6) is 0. The van der Waals surface area contributed by atoms with E-state index in [2.05, 4.69) is 0 Å². The van der Waals surface area contributed by atoms with Crippen molar-refractivity contribution >= 4 is 33.2 Å². The molecule has 2 rings (SSSR count). The van der Waals surface area contributed by atoms with Crippen LogP contribution in [0, 0.1) is 6.92 Å². The zero-order valence-electron chi connectivity index (χ0n) is 10.6. The molecule has 0 bridgehead atoms. The summed E-state index contributed by atoms with van der Waals surface area (Å²) in [6.07, 6.45) is 1.62. The molecule has 0 aliphatic carbocycles. The molecule has 1 aliphatic rings. The van der Waals surface area contributed by atoms with E-state index in [4.69, 9.17) is 28.9 Å². The molecule has 0 spiro atoms. The highest BCUT2D eigenvalue weighted by atomic mass is 35.5. The van der Waals surface area contributed by atoms with Gasteiger partial charge < -0.3 is 5.73 Å². The van der Waals surface area contributed by atoms with Gasteiger partial charge in [0.05, 0.1) is 4.90 Å². The molecule has 0 radical (unpaired) electrons. The van der Waals surface area contributed by atoms with Crippen LogP contribution in [0.2, 0.25) is 10.0 Å². The summed E-state index contributed by atoms with van der Waals surface area (Å²) in [6, 6.07) is 2.77. The molecule has 1 fully saturated rings. The van der Waals surface area contributed by atoms with Crippen molar-refractivity contribution in [2.45, 2.75) is 30.7 Å². The first-order valence-electron chi connectivity index (χ1n) is 6.03. The third-order valence-corrected chi connectivity index (χ3v) is 5.94. The number of sulfonamides is 1. The van der Waals surface area contributed by atoms with Crippen molar-refractivity contribution in [3.63, 3.8) is 0 Å². The molecule has 1 atom stereocenters. The predicted molar refractivity (Wildman–Crippen MR) is 77.2 cm³/mol. The van der Waals surface area contributed by atoms with Crippen molar-refractivity contribution in [3.05, 3.63) is 27.7 Å². The maximum Gasteiger partial charge on any atom is 0.243 e. The molecule has 2 N–H and O–H groups in total. The summed E-state index contributed by atoms with van der Waals surface area (Å²) < 4.78 is 26.4. The van der Waals surface area contributed by atoms with E-state index in [1.807, 2.05) is 0 Å². The monoisotopic (exact) mass is 322 g/mol. The summed E-state index contributed by atoms with van der Waals surface area (Å²) in [5, 5.41) is 0.708. The molecule has 1 saturated heterocycles. The van der Waals surface area contributed by atoms with Crippen molar-refractivity contribution in [1.29, 1.82) is 0 Å². The smallest absolute Gasteiger partial charge is 0.243 e. The SMILES string of the molecule is Cc1c(Cl)cc(S(=O)(=O)N2CCCC(N)C2)cc1Cl. The van der Waals surface area contributed by atoms with Gasteiger partial charge in [-0.15, -0.1) is 0 Å². The fraction of sp³-hybridized carbons (Fsp3) is 0.500. The van der Waals surface area contributed by atoms with Crippen molar-refractivity contribution in [3.8, 4) is 0 Å². The van der Waals surface area contributed by atoms with Crippen LogP contribution in [-0.4, -0.2) is 31.9 Å². The zero-order chi connectivity index (χ0) is 14.2. The van der Waals surface area contributed by atoms with Crippen LogP contribution in [-0.2, 0) is 10.0 Å². The van der Waals surface area contributed by atoms with Crippen LogP contribution in [0.1, 0.15) is 18.4 Å². The van der Waals surface area contributed by atoms with E-state index < -0.39 is 10.0 Å². The summed E-state index contributed by atoms with van der Waals surface area (Å²) in [6.45, 7) is 2.57. The molecule has 1 aromatic rings. The van der Waals surface area contributed by atoms with Crippen molar-refractivity contribution in [1.82, 2.24) is 4.31 Å². The number of rotatable bonds is 2. The van der Waals surface area contributed by atoms with Gasteiger partial charge >= 0.3 is 0 Å². The lowest BCUT2D eigenvalue weighted by molar-refractivity contribution is 0.316. The minimum Gasteiger partial charge on any atom is -0.327 e. The fourth-order valence-corrected chi connectivity index (χ4v) is 4.32. The molecule has 1 unspecified atom stereocenters. The van der Waals surface area contributed by atoms with E-state index in [1.165, 1.54) is 16.4 Å². The Bertz CT molecular complexity index is 566. The van der Waals surface area contributed by atoms with Crippen LogP contribution >= 0.6 is 23.2 Å². The highest BCUT2D eigenvalue weighted by Gasteiger charge is 2.29. The predicted octanol–water partition coefficient (Wildman–Crippen LogP) is 2.41. The van der Waals surface area contributed by atoms with Gasteiger partial charge in [-0.05, 0) is 37.5 Å². The van der Waals surface area contributed by atoms with Crippen molar-refractivity contribution in [2.24, 2.45) is 5.73 Å². The van der Waals surface area contributed by atoms with Gasteiger partial charge in [0.1, 0.15) is 0 Å². The second-order valence-corrected chi connectivity index (χ2v) is 7.53. The molecule has 19 heavy (non-hydrogen) atoms. The van der Waals surface area contributed by atoms with Crippen LogP contribution < -0.4 is 5.73 Å². The molecular formula is C12H16Cl2N2O2S. The number of hydrogen-bond acceptors (Lipinski definition) is 3. The first-order valence-corrected chi connectivity index (χ1v) is 8.23. The Hall–Kier alpha value is -0.330. The minimum atomic E-state index is -3.57. The maximum absolute atomic E-state index is 12.5. The van der Waals surface area contributed by atoms with Crippen LogP contribution in [0.4, 0.5) is 0 Å². The second-order valence-electron chi connectivity index (χ2n) is 4.78. The maximum atomic E-state index is 12.5. The van der Waals surface area contributed by atoms with Crippen molar-refractivity contribution < 1.29 is 8.42 Å². The summed E-state index contributed by atoms with van der Waals surface area (Å²) in [4.78, 5) is 0.127.